The Morgan fingerprint density at radius 3 is 2.83 bits per heavy atom. The number of amides is 1. The van der Waals surface area contributed by atoms with Crippen molar-refractivity contribution in [3.8, 4) is 6.07 Å². The van der Waals surface area contributed by atoms with Crippen LogP contribution < -0.4 is 5.32 Å². The van der Waals surface area contributed by atoms with Gasteiger partial charge in [0, 0.05) is 5.69 Å². The van der Waals surface area contributed by atoms with Gasteiger partial charge in [-0.2, -0.15) is 10.4 Å². The van der Waals surface area contributed by atoms with Gasteiger partial charge in [0.2, 0.25) is 11.6 Å². The Bertz CT molecular complexity index is 804. The summed E-state index contributed by atoms with van der Waals surface area (Å²) in [5.74, 6) is -0.365. The molecule has 23 heavy (non-hydrogen) atoms. The lowest BCUT2D eigenvalue weighted by Crippen LogP contribution is -2.20. The molecule has 0 saturated heterocycles. The maximum absolute atomic E-state index is 12.2. The van der Waals surface area contributed by atoms with E-state index in [2.05, 4.69) is 10.4 Å². The van der Waals surface area contributed by atoms with Crippen LogP contribution in [0.1, 0.15) is 23.7 Å². The summed E-state index contributed by atoms with van der Waals surface area (Å²) in [6, 6.07) is 7.37. The van der Waals surface area contributed by atoms with Crippen molar-refractivity contribution in [2.45, 2.75) is 26.8 Å². The van der Waals surface area contributed by atoms with Gasteiger partial charge in [-0.25, -0.2) is 0 Å². The summed E-state index contributed by atoms with van der Waals surface area (Å²) < 4.78 is 1.09. The van der Waals surface area contributed by atoms with Crippen molar-refractivity contribution in [1.82, 2.24) is 9.78 Å². The number of rotatable bonds is 5. The molecule has 0 fully saturated rings. The van der Waals surface area contributed by atoms with Crippen LogP contribution in [0.2, 0.25) is 0 Å². The summed E-state index contributed by atoms with van der Waals surface area (Å²) in [5.41, 5.74) is 1.95. The molecule has 0 saturated carbocycles. The van der Waals surface area contributed by atoms with Crippen molar-refractivity contribution >= 4 is 17.3 Å². The number of para-hydroxylation sites is 1. The first-order chi connectivity index (χ1) is 11.0. The molecule has 0 atom stereocenters. The van der Waals surface area contributed by atoms with Gasteiger partial charge in [-0.05, 0) is 24.5 Å². The molecule has 1 N–H and O–H groups in total. The average molecular weight is 313 g/mol. The smallest absolute Gasteiger partial charge is 0.324 e. The third-order valence-corrected chi connectivity index (χ3v) is 3.35. The largest absolute Gasteiger partial charge is 0.325 e. The maximum Gasteiger partial charge on any atom is 0.325 e. The van der Waals surface area contributed by atoms with Crippen LogP contribution >= 0.6 is 0 Å². The highest BCUT2D eigenvalue weighted by Gasteiger charge is 2.20. The standard InChI is InChI=1S/C15H15N5O3/c1-3-11-6-4-5-10(2)15(11)17-14(21)9-19-8-13(20(22)23)12(7-16)18-19/h4-6,8H,3,9H2,1-2H3,(H,17,21). The van der Waals surface area contributed by atoms with Gasteiger partial charge in [0.25, 0.3) is 0 Å². The molecule has 2 aromatic rings. The van der Waals surface area contributed by atoms with Gasteiger partial charge in [0.05, 0.1) is 4.92 Å². The number of hydrogen-bond donors (Lipinski definition) is 1. The lowest BCUT2D eigenvalue weighted by atomic mass is 10.1. The van der Waals surface area contributed by atoms with Gasteiger partial charge < -0.3 is 5.32 Å². The molecule has 0 aliphatic carbocycles. The van der Waals surface area contributed by atoms with Crippen LogP contribution in [0.15, 0.2) is 24.4 Å². The fraction of sp³-hybridized carbons (Fsp3) is 0.267. The highest BCUT2D eigenvalue weighted by atomic mass is 16.6. The lowest BCUT2D eigenvalue weighted by Gasteiger charge is -2.12. The van der Waals surface area contributed by atoms with E-state index in [0.29, 0.717) is 0 Å². The molecule has 1 heterocycles. The van der Waals surface area contributed by atoms with Crippen molar-refractivity contribution in [1.29, 1.82) is 5.26 Å². The predicted molar refractivity (Wildman–Crippen MR) is 82.8 cm³/mol. The Labute approximate surface area is 132 Å². The minimum atomic E-state index is -0.698. The van der Waals surface area contributed by atoms with Gasteiger partial charge in [0.15, 0.2) is 0 Å². The molecular weight excluding hydrogens is 298 g/mol. The zero-order valence-corrected chi connectivity index (χ0v) is 12.7. The fourth-order valence-corrected chi connectivity index (χ4v) is 2.23. The van der Waals surface area contributed by atoms with Crippen LogP contribution in [0.4, 0.5) is 11.4 Å². The molecule has 8 nitrogen and oxygen atoms in total. The van der Waals surface area contributed by atoms with E-state index in [0.717, 1.165) is 34.1 Å². The molecule has 1 amide bonds. The molecule has 118 valence electrons. The molecule has 2 rings (SSSR count). The Morgan fingerprint density at radius 1 is 1.52 bits per heavy atom. The van der Waals surface area contributed by atoms with E-state index < -0.39 is 10.6 Å². The van der Waals surface area contributed by atoms with E-state index in [9.17, 15) is 14.9 Å². The summed E-state index contributed by atoms with van der Waals surface area (Å²) in [7, 11) is 0. The van der Waals surface area contributed by atoms with Crippen LogP contribution in [0.5, 0.6) is 0 Å². The van der Waals surface area contributed by atoms with Crippen molar-refractivity contribution < 1.29 is 9.72 Å². The van der Waals surface area contributed by atoms with E-state index in [-0.39, 0.29) is 18.1 Å². The Kier molecular flexibility index (Phi) is 4.71. The van der Waals surface area contributed by atoms with E-state index in [1.54, 1.807) is 6.07 Å². The Balaban J connectivity index is 2.18. The van der Waals surface area contributed by atoms with E-state index >= 15 is 0 Å². The van der Waals surface area contributed by atoms with Crippen molar-refractivity contribution in [3.63, 3.8) is 0 Å². The van der Waals surface area contributed by atoms with Crippen molar-refractivity contribution in [3.05, 3.63) is 51.3 Å². The predicted octanol–water partition coefficient (Wildman–Crippen LogP) is 2.17. The lowest BCUT2D eigenvalue weighted by molar-refractivity contribution is -0.385. The topological polar surface area (TPSA) is 114 Å². The Morgan fingerprint density at radius 2 is 2.26 bits per heavy atom. The van der Waals surface area contributed by atoms with E-state index in [4.69, 9.17) is 5.26 Å². The van der Waals surface area contributed by atoms with Crippen LogP contribution in [-0.4, -0.2) is 20.6 Å². The number of nitrogens with one attached hydrogen (secondary N) is 1. The molecule has 0 spiro atoms. The van der Waals surface area contributed by atoms with Crippen molar-refractivity contribution in [2.75, 3.05) is 5.32 Å². The SMILES string of the molecule is CCc1cccc(C)c1NC(=O)Cn1cc([N+](=O)[O-])c(C#N)n1. The highest BCUT2D eigenvalue weighted by molar-refractivity contribution is 5.92. The summed E-state index contributed by atoms with van der Waals surface area (Å²) in [6.45, 7) is 3.67. The first-order valence-electron chi connectivity index (χ1n) is 6.96. The van der Waals surface area contributed by atoms with Gasteiger partial charge in [0.1, 0.15) is 18.8 Å². The maximum atomic E-state index is 12.2. The second-order valence-electron chi connectivity index (χ2n) is 4.94. The minimum Gasteiger partial charge on any atom is -0.324 e. The van der Waals surface area contributed by atoms with Gasteiger partial charge in [-0.3, -0.25) is 19.6 Å². The van der Waals surface area contributed by atoms with Gasteiger partial charge in [-0.15, -0.1) is 0 Å². The zero-order chi connectivity index (χ0) is 17.0. The van der Waals surface area contributed by atoms with E-state index in [1.165, 1.54) is 0 Å². The number of carbonyl (C=O) groups excluding carboxylic acids is 1. The van der Waals surface area contributed by atoms with Gasteiger partial charge in [-0.1, -0.05) is 25.1 Å². The molecule has 0 radical (unpaired) electrons. The van der Waals surface area contributed by atoms with Crippen molar-refractivity contribution in [2.24, 2.45) is 0 Å². The summed E-state index contributed by atoms with van der Waals surface area (Å²) in [4.78, 5) is 22.3. The highest BCUT2D eigenvalue weighted by Crippen LogP contribution is 2.21. The molecule has 1 aromatic carbocycles. The summed E-state index contributed by atoms with van der Waals surface area (Å²) >= 11 is 0. The first-order valence-corrected chi connectivity index (χ1v) is 6.96. The number of nitrogens with zero attached hydrogens (tertiary/aromatic N) is 4. The van der Waals surface area contributed by atoms with Crippen LogP contribution in [-0.2, 0) is 17.8 Å². The zero-order valence-electron chi connectivity index (χ0n) is 12.7. The third kappa shape index (κ3) is 3.52. The molecular formula is C15H15N5O3. The third-order valence-electron chi connectivity index (χ3n) is 3.35. The number of nitro groups is 1. The number of nitriles is 1. The number of carbonyl (C=O) groups is 1. The van der Waals surface area contributed by atoms with Crippen LogP contribution in [0.3, 0.4) is 0 Å². The number of aromatic nitrogens is 2. The minimum absolute atomic E-state index is 0.208. The monoisotopic (exact) mass is 313 g/mol. The fourth-order valence-electron chi connectivity index (χ4n) is 2.23. The number of anilines is 1. The normalized spacial score (nSPS) is 10.1. The molecule has 8 heteroatoms. The summed E-state index contributed by atoms with van der Waals surface area (Å²) in [6.07, 6.45) is 1.85. The second-order valence-corrected chi connectivity index (χ2v) is 4.94. The first kappa shape index (κ1) is 16.2. The molecule has 1 aromatic heterocycles. The molecule has 0 aliphatic heterocycles. The number of benzene rings is 1. The quantitative estimate of drug-likeness (QED) is 0.671. The molecule has 0 aliphatic rings. The second kappa shape index (κ2) is 6.70. The number of aryl methyl sites for hydroxylation is 2. The van der Waals surface area contributed by atoms with E-state index in [1.807, 2.05) is 32.0 Å². The van der Waals surface area contributed by atoms with Crippen LogP contribution in [0.25, 0.3) is 0 Å². The average Bonchev–Trinajstić information content (AvgIpc) is 2.92. The van der Waals surface area contributed by atoms with Gasteiger partial charge >= 0.3 is 5.69 Å². The Hall–Kier alpha value is -3.21. The summed E-state index contributed by atoms with van der Waals surface area (Å²) in [5, 5.41) is 26.2. The number of hydrogen-bond acceptors (Lipinski definition) is 5. The molecule has 0 bridgehead atoms. The molecule has 0 unspecified atom stereocenters. The van der Waals surface area contributed by atoms with Crippen LogP contribution in [0, 0.1) is 28.4 Å².